The number of amides is 2. The second-order valence-electron chi connectivity index (χ2n) is 2.22. The van der Waals surface area contributed by atoms with E-state index in [0.717, 1.165) is 10.6 Å². The van der Waals surface area contributed by atoms with Crippen molar-refractivity contribution in [3.05, 3.63) is 18.2 Å². The van der Waals surface area contributed by atoms with Crippen molar-refractivity contribution in [1.29, 1.82) is 0 Å². The fourth-order valence-electron chi connectivity index (χ4n) is 0.994. The lowest BCUT2D eigenvalue weighted by molar-refractivity contribution is 0.256. The first-order chi connectivity index (χ1) is 5.27. The monoisotopic (exact) mass is 165 g/mol. The number of hydrogen-bond acceptors (Lipinski definition) is 2. The smallest absolute Gasteiger partial charge is 0.304 e. The third-order valence-corrected chi connectivity index (χ3v) is 1.83. The van der Waals surface area contributed by atoms with Gasteiger partial charge in [-0.1, -0.05) is 6.07 Å². The Bertz CT molecular complexity index is 324. The van der Waals surface area contributed by atoms with Crippen LogP contribution in [0.15, 0.2) is 23.1 Å². The van der Waals surface area contributed by atoms with Crippen molar-refractivity contribution in [2.75, 3.05) is 5.32 Å². The first kappa shape index (κ1) is 6.54. The van der Waals surface area contributed by atoms with E-state index in [0.29, 0.717) is 5.69 Å². The average molecular weight is 165 g/mol. The molecule has 0 unspecified atom stereocenters. The molecule has 0 atom stereocenters. The molecule has 0 saturated carbocycles. The molecule has 1 heterocycles. The van der Waals surface area contributed by atoms with Crippen molar-refractivity contribution in [2.45, 2.75) is 4.90 Å². The van der Waals surface area contributed by atoms with Crippen LogP contribution in [0, 0.1) is 0 Å². The standard InChI is InChI=1S/C7H5N2OS/c10-7-8-4-2-1-3-5(11)6(4)9-7/h1-3,11H,(H,8,10). The van der Waals surface area contributed by atoms with Crippen molar-refractivity contribution in [2.24, 2.45) is 0 Å². The van der Waals surface area contributed by atoms with E-state index >= 15 is 0 Å². The molecular weight excluding hydrogens is 160 g/mol. The number of anilines is 1. The van der Waals surface area contributed by atoms with E-state index < -0.39 is 0 Å². The van der Waals surface area contributed by atoms with Crippen LogP contribution in [0.1, 0.15) is 0 Å². The van der Waals surface area contributed by atoms with Gasteiger partial charge in [-0.2, -0.15) is 5.32 Å². The number of rotatable bonds is 0. The van der Waals surface area contributed by atoms with E-state index in [2.05, 4.69) is 23.3 Å². The molecule has 1 aromatic carbocycles. The molecule has 0 aliphatic carbocycles. The zero-order valence-electron chi connectivity index (χ0n) is 5.53. The van der Waals surface area contributed by atoms with Gasteiger partial charge >= 0.3 is 6.03 Å². The van der Waals surface area contributed by atoms with Gasteiger partial charge in [-0.15, -0.1) is 12.6 Å². The number of fused-ring (bicyclic) bond motifs is 1. The van der Waals surface area contributed by atoms with Crippen molar-refractivity contribution in [3.63, 3.8) is 0 Å². The van der Waals surface area contributed by atoms with Gasteiger partial charge in [-0.3, -0.25) is 0 Å². The van der Waals surface area contributed by atoms with Crippen molar-refractivity contribution < 1.29 is 4.79 Å². The summed E-state index contributed by atoms with van der Waals surface area (Å²) in [6.45, 7) is 0. The van der Waals surface area contributed by atoms with E-state index in [1.807, 2.05) is 6.07 Å². The summed E-state index contributed by atoms with van der Waals surface area (Å²) >= 11 is 4.14. The van der Waals surface area contributed by atoms with Crippen LogP contribution in [0.2, 0.25) is 0 Å². The van der Waals surface area contributed by atoms with Crippen LogP contribution in [-0.2, 0) is 0 Å². The number of nitrogens with one attached hydrogen (secondary N) is 1. The van der Waals surface area contributed by atoms with Gasteiger partial charge < -0.3 is 5.32 Å². The summed E-state index contributed by atoms with van der Waals surface area (Å²) in [5.74, 6) is 0. The summed E-state index contributed by atoms with van der Waals surface area (Å²) in [5, 5.41) is 6.31. The maximum absolute atomic E-state index is 10.7. The average Bonchev–Trinajstić information content (AvgIpc) is 2.31. The Kier molecular flexibility index (Phi) is 1.29. The highest BCUT2D eigenvalue weighted by Crippen LogP contribution is 2.32. The normalized spacial score (nSPS) is 13.7. The Morgan fingerprint density at radius 1 is 1.45 bits per heavy atom. The molecule has 1 aliphatic rings. The van der Waals surface area contributed by atoms with Gasteiger partial charge in [0.05, 0.1) is 5.69 Å². The van der Waals surface area contributed by atoms with Crippen LogP contribution in [-0.4, -0.2) is 6.03 Å². The molecule has 2 amide bonds. The quantitative estimate of drug-likeness (QED) is 0.565. The summed E-state index contributed by atoms with van der Waals surface area (Å²) in [4.78, 5) is 11.5. The fourth-order valence-corrected chi connectivity index (χ4v) is 1.25. The summed E-state index contributed by atoms with van der Waals surface area (Å²) in [6, 6.07) is 5.10. The van der Waals surface area contributed by atoms with Crippen molar-refractivity contribution >= 4 is 30.0 Å². The van der Waals surface area contributed by atoms with E-state index in [9.17, 15) is 4.79 Å². The van der Waals surface area contributed by atoms with Gasteiger partial charge in [0.15, 0.2) is 0 Å². The van der Waals surface area contributed by atoms with Gasteiger partial charge in [0.2, 0.25) is 0 Å². The van der Waals surface area contributed by atoms with Crippen LogP contribution in [0.3, 0.4) is 0 Å². The third kappa shape index (κ3) is 0.952. The first-order valence-corrected chi connectivity index (χ1v) is 3.57. The number of thiol groups is 1. The number of nitrogens with zero attached hydrogens (tertiary/aromatic N) is 1. The summed E-state index contributed by atoms with van der Waals surface area (Å²) in [6.07, 6.45) is 0. The molecule has 1 N–H and O–H groups in total. The molecule has 3 nitrogen and oxygen atoms in total. The highest BCUT2D eigenvalue weighted by Gasteiger charge is 2.19. The Hall–Kier alpha value is -1.16. The predicted molar refractivity (Wildman–Crippen MR) is 44.5 cm³/mol. The Labute approximate surface area is 69.2 Å². The highest BCUT2D eigenvalue weighted by atomic mass is 32.1. The second-order valence-corrected chi connectivity index (χ2v) is 2.70. The molecular formula is C7H5N2OS. The number of para-hydroxylation sites is 1. The molecule has 2 rings (SSSR count). The number of hydrogen-bond donors (Lipinski definition) is 2. The Morgan fingerprint density at radius 3 is 3.00 bits per heavy atom. The minimum atomic E-state index is -0.318. The SMILES string of the molecule is O=C1[N]c2c(S)cccc2N1. The fraction of sp³-hybridized carbons (Fsp3) is 0. The predicted octanol–water partition coefficient (Wildman–Crippen LogP) is 1.76. The van der Waals surface area contributed by atoms with Crippen LogP contribution in [0.25, 0.3) is 0 Å². The molecule has 0 spiro atoms. The molecule has 1 radical (unpaired) electrons. The molecule has 1 aliphatic heterocycles. The summed E-state index contributed by atoms with van der Waals surface area (Å²) < 4.78 is 0. The molecule has 0 aromatic heterocycles. The zero-order valence-corrected chi connectivity index (χ0v) is 6.43. The highest BCUT2D eigenvalue weighted by molar-refractivity contribution is 7.80. The lowest BCUT2D eigenvalue weighted by Gasteiger charge is -1.96. The van der Waals surface area contributed by atoms with Gasteiger partial charge in [0.25, 0.3) is 0 Å². The van der Waals surface area contributed by atoms with Crippen LogP contribution in [0.4, 0.5) is 16.2 Å². The van der Waals surface area contributed by atoms with Crippen molar-refractivity contribution in [1.82, 2.24) is 5.32 Å². The van der Waals surface area contributed by atoms with E-state index in [4.69, 9.17) is 0 Å². The largest absolute Gasteiger partial charge is 0.346 e. The summed E-state index contributed by atoms with van der Waals surface area (Å²) in [7, 11) is 0. The van der Waals surface area contributed by atoms with Crippen molar-refractivity contribution in [3.8, 4) is 0 Å². The number of urea groups is 1. The third-order valence-electron chi connectivity index (χ3n) is 1.47. The lowest BCUT2D eigenvalue weighted by atomic mass is 10.3. The minimum absolute atomic E-state index is 0.318. The molecule has 0 bridgehead atoms. The number of carbonyl (C=O) groups is 1. The number of benzene rings is 1. The Morgan fingerprint density at radius 2 is 2.27 bits per heavy atom. The topological polar surface area (TPSA) is 43.2 Å². The minimum Gasteiger partial charge on any atom is -0.304 e. The molecule has 4 heteroatoms. The second kappa shape index (κ2) is 2.17. The molecule has 11 heavy (non-hydrogen) atoms. The summed E-state index contributed by atoms with van der Waals surface area (Å²) in [5.41, 5.74) is 1.38. The maximum Gasteiger partial charge on any atom is 0.346 e. The van der Waals surface area contributed by atoms with Crippen LogP contribution in [0.5, 0.6) is 0 Å². The molecule has 55 valence electrons. The van der Waals surface area contributed by atoms with Gasteiger partial charge in [0, 0.05) is 4.90 Å². The molecule has 0 saturated heterocycles. The van der Waals surface area contributed by atoms with E-state index in [-0.39, 0.29) is 6.03 Å². The van der Waals surface area contributed by atoms with Gasteiger partial charge in [-0.25, -0.2) is 4.79 Å². The van der Waals surface area contributed by atoms with E-state index in [1.54, 1.807) is 12.1 Å². The van der Waals surface area contributed by atoms with Gasteiger partial charge in [0.1, 0.15) is 5.69 Å². The molecule has 0 fully saturated rings. The van der Waals surface area contributed by atoms with E-state index in [1.165, 1.54) is 0 Å². The van der Waals surface area contributed by atoms with Crippen LogP contribution < -0.4 is 10.6 Å². The zero-order chi connectivity index (χ0) is 7.84. The van der Waals surface area contributed by atoms with Gasteiger partial charge in [-0.05, 0) is 12.1 Å². The Balaban J connectivity index is 2.57. The van der Waals surface area contributed by atoms with Crippen LogP contribution >= 0.6 is 12.6 Å². The lowest BCUT2D eigenvalue weighted by Crippen LogP contribution is -2.08. The molecule has 1 aromatic rings. The maximum atomic E-state index is 10.7. The first-order valence-electron chi connectivity index (χ1n) is 3.12. The number of carbonyl (C=O) groups excluding carboxylic acids is 1.